The molecule has 0 radical (unpaired) electrons. The third-order valence-corrected chi connectivity index (χ3v) is 5.41. The number of aliphatic imine (C=N–C) groups is 1. The van der Waals surface area contributed by atoms with Gasteiger partial charge in [0.2, 0.25) is 0 Å². The molecule has 0 saturated carbocycles. The zero-order valence-corrected chi connectivity index (χ0v) is 14.6. The molecule has 0 spiro atoms. The van der Waals surface area contributed by atoms with Gasteiger partial charge in [0.05, 0.1) is 6.54 Å². The minimum Gasteiger partial charge on any atom is -0.353 e. The molecule has 23 heavy (non-hydrogen) atoms. The Labute approximate surface area is 142 Å². The van der Waals surface area contributed by atoms with Gasteiger partial charge in [-0.2, -0.15) is 0 Å². The fraction of sp³-hybridized carbons (Fsp3) is 0.444. The van der Waals surface area contributed by atoms with Gasteiger partial charge < -0.3 is 10.6 Å². The SMILES string of the molecule is CCc1cnc(CNC(=NC)NC2CCc3ccccc3C2)s1. The number of nitrogens with one attached hydrogen (secondary N) is 2. The van der Waals surface area contributed by atoms with Gasteiger partial charge in [0.25, 0.3) is 0 Å². The molecule has 4 nitrogen and oxygen atoms in total. The topological polar surface area (TPSA) is 49.3 Å². The van der Waals surface area contributed by atoms with E-state index in [-0.39, 0.29) is 0 Å². The summed E-state index contributed by atoms with van der Waals surface area (Å²) in [6, 6.07) is 9.18. The summed E-state index contributed by atoms with van der Waals surface area (Å²) >= 11 is 1.77. The maximum Gasteiger partial charge on any atom is 0.191 e. The van der Waals surface area contributed by atoms with Crippen molar-refractivity contribution in [2.45, 2.75) is 45.2 Å². The third kappa shape index (κ3) is 4.10. The van der Waals surface area contributed by atoms with Gasteiger partial charge in [0, 0.05) is 24.2 Å². The van der Waals surface area contributed by atoms with E-state index in [1.807, 2.05) is 13.2 Å². The summed E-state index contributed by atoms with van der Waals surface area (Å²) in [6.07, 6.45) is 6.36. The number of hydrogen-bond donors (Lipinski definition) is 2. The summed E-state index contributed by atoms with van der Waals surface area (Å²) in [4.78, 5) is 10.1. The maximum atomic E-state index is 4.44. The summed E-state index contributed by atoms with van der Waals surface area (Å²) in [6.45, 7) is 2.89. The lowest BCUT2D eigenvalue weighted by Gasteiger charge is -2.27. The molecular formula is C18H24N4S. The van der Waals surface area contributed by atoms with Crippen molar-refractivity contribution in [3.63, 3.8) is 0 Å². The van der Waals surface area contributed by atoms with Crippen molar-refractivity contribution in [3.8, 4) is 0 Å². The van der Waals surface area contributed by atoms with Crippen LogP contribution in [-0.4, -0.2) is 24.0 Å². The zero-order chi connectivity index (χ0) is 16.1. The fourth-order valence-electron chi connectivity index (χ4n) is 2.96. The minimum atomic E-state index is 0.443. The monoisotopic (exact) mass is 328 g/mol. The lowest BCUT2D eigenvalue weighted by atomic mass is 9.88. The number of guanidine groups is 1. The molecule has 5 heteroatoms. The Morgan fingerprint density at radius 2 is 2.17 bits per heavy atom. The van der Waals surface area contributed by atoms with Crippen LogP contribution in [0.4, 0.5) is 0 Å². The quantitative estimate of drug-likeness (QED) is 0.670. The molecule has 0 fully saturated rings. The second-order valence-corrected chi connectivity index (χ2v) is 7.05. The van der Waals surface area contributed by atoms with Crippen molar-refractivity contribution in [2.24, 2.45) is 4.99 Å². The molecule has 1 heterocycles. The number of benzene rings is 1. The van der Waals surface area contributed by atoms with E-state index in [0.29, 0.717) is 6.04 Å². The van der Waals surface area contributed by atoms with Crippen LogP contribution in [0, 0.1) is 0 Å². The van der Waals surface area contributed by atoms with E-state index in [2.05, 4.69) is 51.8 Å². The molecule has 3 rings (SSSR count). The number of aromatic nitrogens is 1. The van der Waals surface area contributed by atoms with Gasteiger partial charge in [0.1, 0.15) is 5.01 Å². The van der Waals surface area contributed by atoms with Crippen molar-refractivity contribution in [1.29, 1.82) is 0 Å². The first-order valence-electron chi connectivity index (χ1n) is 8.26. The predicted octanol–water partition coefficient (Wildman–Crippen LogP) is 2.93. The summed E-state index contributed by atoms with van der Waals surface area (Å²) in [5.74, 6) is 0.864. The number of fused-ring (bicyclic) bond motifs is 1. The van der Waals surface area contributed by atoms with Crippen molar-refractivity contribution in [1.82, 2.24) is 15.6 Å². The van der Waals surface area contributed by atoms with E-state index < -0.39 is 0 Å². The van der Waals surface area contributed by atoms with E-state index in [0.717, 1.165) is 43.2 Å². The van der Waals surface area contributed by atoms with Crippen LogP contribution in [0.3, 0.4) is 0 Å². The molecule has 2 aromatic rings. The van der Waals surface area contributed by atoms with Crippen LogP contribution in [-0.2, 0) is 25.8 Å². The average Bonchev–Trinajstić information content (AvgIpc) is 3.06. The van der Waals surface area contributed by atoms with Crippen LogP contribution in [0.15, 0.2) is 35.5 Å². The van der Waals surface area contributed by atoms with E-state index in [1.54, 1.807) is 11.3 Å². The molecule has 1 aromatic carbocycles. The fourth-order valence-corrected chi connectivity index (χ4v) is 3.76. The first-order valence-corrected chi connectivity index (χ1v) is 9.07. The summed E-state index contributed by atoms with van der Waals surface area (Å²) < 4.78 is 0. The van der Waals surface area contributed by atoms with Crippen LogP contribution >= 0.6 is 11.3 Å². The molecule has 1 aliphatic carbocycles. The Bertz CT molecular complexity index is 677. The summed E-state index contributed by atoms with van der Waals surface area (Å²) in [5, 5.41) is 8.04. The lowest BCUT2D eigenvalue weighted by Crippen LogP contribution is -2.45. The van der Waals surface area contributed by atoms with Crippen LogP contribution in [0.5, 0.6) is 0 Å². The largest absolute Gasteiger partial charge is 0.353 e. The Morgan fingerprint density at radius 1 is 1.35 bits per heavy atom. The second-order valence-electron chi connectivity index (χ2n) is 5.85. The molecule has 122 valence electrons. The number of rotatable bonds is 4. The average molecular weight is 328 g/mol. The van der Waals surface area contributed by atoms with Gasteiger partial charge in [-0.1, -0.05) is 31.2 Å². The molecule has 1 aliphatic rings. The van der Waals surface area contributed by atoms with Gasteiger partial charge in [-0.3, -0.25) is 4.99 Å². The zero-order valence-electron chi connectivity index (χ0n) is 13.8. The van der Waals surface area contributed by atoms with Crippen LogP contribution in [0.2, 0.25) is 0 Å². The molecule has 1 atom stereocenters. The van der Waals surface area contributed by atoms with Gasteiger partial charge in [-0.15, -0.1) is 11.3 Å². The standard InChI is InChI=1S/C18H24N4S/c1-3-16-11-20-17(23-16)12-21-18(19-2)22-15-9-8-13-6-4-5-7-14(13)10-15/h4-7,11,15H,3,8-10,12H2,1-2H3,(H2,19,21,22). The Hall–Kier alpha value is -1.88. The maximum absolute atomic E-state index is 4.44. The first kappa shape index (κ1) is 16.0. The van der Waals surface area contributed by atoms with E-state index in [1.165, 1.54) is 16.0 Å². The molecular weight excluding hydrogens is 304 g/mol. The van der Waals surface area contributed by atoms with Gasteiger partial charge in [-0.25, -0.2) is 4.98 Å². The third-order valence-electron chi connectivity index (χ3n) is 4.27. The van der Waals surface area contributed by atoms with Crippen molar-refractivity contribution in [3.05, 3.63) is 51.5 Å². The Morgan fingerprint density at radius 3 is 2.91 bits per heavy atom. The highest BCUT2D eigenvalue weighted by atomic mass is 32.1. The Balaban J connectivity index is 1.54. The number of aryl methyl sites for hydroxylation is 2. The normalized spacial score (nSPS) is 17.7. The van der Waals surface area contributed by atoms with Gasteiger partial charge in [-0.05, 0) is 36.8 Å². The second kappa shape index (κ2) is 7.59. The minimum absolute atomic E-state index is 0.443. The highest BCUT2D eigenvalue weighted by Gasteiger charge is 2.19. The summed E-state index contributed by atoms with van der Waals surface area (Å²) in [5.41, 5.74) is 2.95. The highest BCUT2D eigenvalue weighted by molar-refractivity contribution is 7.11. The van der Waals surface area contributed by atoms with Crippen LogP contribution in [0.1, 0.15) is 34.4 Å². The summed E-state index contributed by atoms with van der Waals surface area (Å²) in [7, 11) is 1.82. The van der Waals surface area contributed by atoms with Crippen molar-refractivity contribution in [2.75, 3.05) is 7.05 Å². The lowest BCUT2D eigenvalue weighted by molar-refractivity contribution is 0.520. The van der Waals surface area contributed by atoms with E-state index in [9.17, 15) is 0 Å². The molecule has 0 bridgehead atoms. The van der Waals surface area contributed by atoms with Crippen molar-refractivity contribution < 1.29 is 0 Å². The molecule has 0 saturated heterocycles. The van der Waals surface area contributed by atoms with Crippen molar-refractivity contribution >= 4 is 17.3 Å². The number of nitrogens with zero attached hydrogens (tertiary/aromatic N) is 2. The first-order chi connectivity index (χ1) is 11.3. The van der Waals surface area contributed by atoms with Gasteiger partial charge >= 0.3 is 0 Å². The molecule has 2 N–H and O–H groups in total. The number of hydrogen-bond acceptors (Lipinski definition) is 3. The molecule has 0 amide bonds. The van der Waals surface area contributed by atoms with E-state index >= 15 is 0 Å². The Kier molecular flexibility index (Phi) is 5.28. The smallest absolute Gasteiger partial charge is 0.191 e. The van der Waals surface area contributed by atoms with E-state index in [4.69, 9.17) is 0 Å². The van der Waals surface area contributed by atoms with Crippen LogP contribution in [0.25, 0.3) is 0 Å². The predicted molar refractivity (Wildman–Crippen MR) is 97.1 cm³/mol. The van der Waals surface area contributed by atoms with Gasteiger partial charge in [0.15, 0.2) is 5.96 Å². The highest BCUT2D eigenvalue weighted by Crippen LogP contribution is 2.21. The van der Waals surface area contributed by atoms with Crippen LogP contribution < -0.4 is 10.6 Å². The molecule has 1 unspecified atom stereocenters. The molecule has 0 aliphatic heterocycles. The number of thiazole rings is 1. The molecule has 1 aromatic heterocycles.